The number of rotatable bonds is 13. The summed E-state index contributed by atoms with van der Waals surface area (Å²) >= 11 is 0. The molecular weight excluding hydrogens is 542 g/mol. The first-order valence-electron chi connectivity index (χ1n) is 14.7. The number of aliphatic hydroxyl groups is 1. The quantitative estimate of drug-likeness (QED) is 0.192. The van der Waals surface area contributed by atoms with E-state index in [1.807, 2.05) is 39.5 Å². The highest BCUT2D eigenvalue weighted by Gasteiger charge is 2.21. The van der Waals surface area contributed by atoms with E-state index < -0.39 is 0 Å². The number of hydrogen-bond donors (Lipinski definition) is 3. The molecule has 3 heterocycles. The van der Waals surface area contributed by atoms with Crippen LogP contribution in [0.5, 0.6) is 5.75 Å². The molecule has 43 heavy (non-hydrogen) atoms. The van der Waals surface area contributed by atoms with Crippen LogP contribution in [0.2, 0.25) is 0 Å². The highest BCUT2D eigenvalue weighted by Crippen LogP contribution is 2.39. The Labute approximate surface area is 253 Å². The van der Waals surface area contributed by atoms with Gasteiger partial charge in [-0.2, -0.15) is 0 Å². The van der Waals surface area contributed by atoms with Crippen LogP contribution in [0.4, 0.5) is 23.0 Å². The summed E-state index contributed by atoms with van der Waals surface area (Å²) in [6.07, 6.45) is 8.75. The second kappa shape index (κ2) is 13.3. The summed E-state index contributed by atoms with van der Waals surface area (Å²) < 4.78 is 8.12. The molecule has 1 aliphatic heterocycles. The molecule has 0 saturated carbocycles. The Bertz CT molecular complexity index is 1630. The van der Waals surface area contributed by atoms with Crippen molar-refractivity contribution in [2.45, 2.75) is 32.2 Å². The Morgan fingerprint density at radius 2 is 2.05 bits per heavy atom. The number of aryl methyl sites for hydroxylation is 3. The highest BCUT2D eigenvalue weighted by atomic mass is 16.5. The van der Waals surface area contributed by atoms with Gasteiger partial charge in [-0.15, -0.1) is 0 Å². The zero-order chi connectivity index (χ0) is 30.5. The van der Waals surface area contributed by atoms with Crippen molar-refractivity contribution in [1.82, 2.24) is 19.4 Å². The number of benzene rings is 2. The fourth-order valence-electron chi connectivity index (χ4n) is 5.62. The summed E-state index contributed by atoms with van der Waals surface area (Å²) in [7, 11) is 7.64. The lowest BCUT2D eigenvalue weighted by molar-refractivity contribution is -0.111. The maximum atomic E-state index is 12.4. The smallest absolute Gasteiger partial charge is 0.247 e. The third-order valence-corrected chi connectivity index (χ3v) is 7.85. The lowest BCUT2D eigenvalue weighted by Gasteiger charge is -2.26. The number of aromatic nitrogens is 3. The minimum atomic E-state index is -0.307. The Morgan fingerprint density at radius 3 is 2.79 bits per heavy atom. The van der Waals surface area contributed by atoms with E-state index in [9.17, 15) is 9.90 Å². The predicted octanol–water partition coefficient (Wildman–Crippen LogP) is 4.84. The van der Waals surface area contributed by atoms with E-state index in [0.29, 0.717) is 35.9 Å². The normalized spacial score (nSPS) is 12.4. The van der Waals surface area contributed by atoms with Crippen LogP contribution in [0.3, 0.4) is 0 Å². The van der Waals surface area contributed by atoms with Crippen molar-refractivity contribution in [3.8, 4) is 17.0 Å². The molecule has 0 radical (unpaired) electrons. The molecule has 5 rings (SSSR count). The molecule has 0 aliphatic carbocycles. The molecule has 1 amide bonds. The van der Waals surface area contributed by atoms with Crippen molar-refractivity contribution in [2.24, 2.45) is 0 Å². The van der Waals surface area contributed by atoms with Crippen LogP contribution in [0.15, 0.2) is 55.4 Å². The first-order chi connectivity index (χ1) is 20.8. The average molecular weight is 584 g/mol. The summed E-state index contributed by atoms with van der Waals surface area (Å²) in [5.74, 6) is 0.686. The largest absolute Gasteiger partial charge is 0.494 e. The number of aliphatic hydroxyl groups excluding tert-OH is 1. The van der Waals surface area contributed by atoms with E-state index in [1.165, 1.54) is 22.5 Å². The number of nitrogens with zero attached hydrogens (tertiary/aromatic N) is 5. The third-order valence-electron chi connectivity index (χ3n) is 7.85. The van der Waals surface area contributed by atoms with Gasteiger partial charge in [0.1, 0.15) is 5.75 Å². The number of hydrogen-bond acceptors (Lipinski definition) is 8. The first kappa shape index (κ1) is 30.1. The molecule has 3 N–H and O–H groups in total. The van der Waals surface area contributed by atoms with Crippen LogP contribution < -0.4 is 20.3 Å². The van der Waals surface area contributed by atoms with Gasteiger partial charge in [-0.1, -0.05) is 24.8 Å². The van der Waals surface area contributed by atoms with Crippen molar-refractivity contribution in [1.29, 1.82) is 0 Å². The summed E-state index contributed by atoms with van der Waals surface area (Å²) in [6, 6.07) is 10.2. The maximum Gasteiger partial charge on any atom is 0.247 e. The van der Waals surface area contributed by atoms with Gasteiger partial charge in [0.15, 0.2) is 0 Å². The standard InChI is InChI=1S/C33H41N7O3/c1-6-30(42)35-26-18-27(29(43-5)19-28(26)39(4)16-15-38(2)3)36-33-34-20-23(12-9-17-41)31(37-33)25-21-40-14-8-11-22-10-7-13-24(25)32(22)40/h6-7,10,13,18-21,41H,1,8-9,11-12,14-17H2,2-5H3,(H,35,42)(H,34,36,37). The number of para-hydroxylation sites is 1. The van der Waals surface area contributed by atoms with Crippen LogP contribution in [0.1, 0.15) is 24.0 Å². The van der Waals surface area contributed by atoms with Gasteiger partial charge in [-0.05, 0) is 63.0 Å². The monoisotopic (exact) mass is 583 g/mol. The molecule has 0 unspecified atom stereocenters. The van der Waals surface area contributed by atoms with E-state index in [4.69, 9.17) is 9.72 Å². The number of carbonyl (C=O) groups excluding carboxylic acids is 1. The van der Waals surface area contributed by atoms with Crippen molar-refractivity contribution in [3.05, 3.63) is 66.5 Å². The highest BCUT2D eigenvalue weighted by molar-refractivity contribution is 6.02. The molecule has 0 fully saturated rings. The van der Waals surface area contributed by atoms with Gasteiger partial charge in [0.25, 0.3) is 0 Å². The molecule has 0 atom stereocenters. The van der Waals surface area contributed by atoms with Crippen LogP contribution >= 0.6 is 0 Å². The molecule has 10 heteroatoms. The number of amides is 1. The topological polar surface area (TPSA) is 108 Å². The van der Waals surface area contributed by atoms with E-state index >= 15 is 0 Å². The number of nitrogens with one attached hydrogen (secondary N) is 2. The predicted molar refractivity (Wildman–Crippen MR) is 174 cm³/mol. The molecule has 2 aromatic heterocycles. The summed E-state index contributed by atoms with van der Waals surface area (Å²) in [5, 5.41) is 17.0. The summed E-state index contributed by atoms with van der Waals surface area (Å²) in [6.45, 7) is 6.26. The Balaban J connectivity index is 1.57. The fourth-order valence-corrected chi connectivity index (χ4v) is 5.62. The van der Waals surface area contributed by atoms with E-state index in [-0.39, 0.29) is 12.5 Å². The number of ether oxygens (including phenoxy) is 1. The second-order valence-electron chi connectivity index (χ2n) is 11.2. The van der Waals surface area contributed by atoms with Crippen LogP contribution in [0, 0.1) is 0 Å². The molecule has 0 bridgehead atoms. The molecule has 4 aromatic rings. The number of methoxy groups -OCH3 is 1. The zero-order valence-electron chi connectivity index (χ0n) is 25.5. The van der Waals surface area contributed by atoms with Crippen LogP contribution in [-0.2, 0) is 24.2 Å². The number of likely N-dealkylation sites (N-methyl/N-ethyl adjacent to an activating group) is 2. The SMILES string of the molecule is C=CC(=O)Nc1cc(Nc2ncc(CCCO)c(-c3cn4c5c(cccc35)CCC4)n2)c(OC)cc1N(C)CCN(C)C. The van der Waals surface area contributed by atoms with E-state index in [1.54, 1.807) is 7.11 Å². The molecular formula is C33H41N7O3. The van der Waals surface area contributed by atoms with Gasteiger partial charge in [0.05, 0.1) is 35.4 Å². The van der Waals surface area contributed by atoms with Crippen LogP contribution in [0.25, 0.3) is 22.2 Å². The molecule has 0 spiro atoms. The van der Waals surface area contributed by atoms with Gasteiger partial charge >= 0.3 is 0 Å². The molecule has 10 nitrogen and oxygen atoms in total. The first-order valence-corrected chi connectivity index (χ1v) is 14.7. The lowest BCUT2D eigenvalue weighted by Crippen LogP contribution is -2.29. The van der Waals surface area contributed by atoms with Gasteiger partial charge < -0.3 is 34.8 Å². The average Bonchev–Trinajstić information content (AvgIpc) is 3.39. The van der Waals surface area contributed by atoms with Gasteiger partial charge in [-0.3, -0.25) is 4.79 Å². The van der Waals surface area contributed by atoms with Gasteiger partial charge in [-0.25, -0.2) is 9.97 Å². The zero-order valence-corrected chi connectivity index (χ0v) is 25.5. The van der Waals surface area contributed by atoms with Gasteiger partial charge in [0.2, 0.25) is 11.9 Å². The molecule has 0 saturated heterocycles. The van der Waals surface area contributed by atoms with Crippen molar-refractivity contribution in [3.63, 3.8) is 0 Å². The van der Waals surface area contributed by atoms with Gasteiger partial charge in [0, 0.05) is 62.7 Å². The van der Waals surface area contributed by atoms with E-state index in [0.717, 1.165) is 55.0 Å². The van der Waals surface area contributed by atoms with E-state index in [2.05, 4.69) is 61.0 Å². The van der Waals surface area contributed by atoms with Crippen molar-refractivity contribution in [2.75, 3.05) is 63.5 Å². The van der Waals surface area contributed by atoms with Crippen molar-refractivity contribution >= 4 is 39.8 Å². The summed E-state index contributed by atoms with van der Waals surface area (Å²) in [4.78, 5) is 26.3. The minimum Gasteiger partial charge on any atom is -0.494 e. The molecule has 226 valence electrons. The van der Waals surface area contributed by atoms with Crippen LogP contribution in [-0.4, -0.2) is 78.4 Å². The Morgan fingerprint density at radius 1 is 1.21 bits per heavy atom. The maximum absolute atomic E-state index is 12.4. The third kappa shape index (κ3) is 6.50. The van der Waals surface area contributed by atoms with Crippen molar-refractivity contribution < 1.29 is 14.6 Å². The minimum absolute atomic E-state index is 0.0943. The fraction of sp³-hybridized carbons (Fsp3) is 0.364. The second-order valence-corrected chi connectivity index (χ2v) is 11.2. The molecule has 1 aliphatic rings. The lowest BCUT2D eigenvalue weighted by atomic mass is 9.99. The number of carbonyl (C=O) groups is 1. The Kier molecular flexibility index (Phi) is 9.27. The number of anilines is 4. The molecule has 2 aromatic carbocycles. The Hall–Kier alpha value is -4.41. The summed E-state index contributed by atoms with van der Waals surface area (Å²) in [5.41, 5.74) is 7.54.